The number of amides is 3. The minimum absolute atomic E-state index is 0.385. The Kier molecular flexibility index (Phi) is 7.10. The molecule has 2 N–H and O–H groups in total. The number of benzodiazepines with no additional fused rings is 1. The van der Waals surface area contributed by atoms with Gasteiger partial charge in [0.1, 0.15) is 6.04 Å². The fraction of sp³-hybridized carbons (Fsp3) is 0.318. The molecule has 1 aromatic heterocycles. The number of aliphatic imine (C=N–C) groups is 1. The van der Waals surface area contributed by atoms with Crippen molar-refractivity contribution in [3.63, 3.8) is 0 Å². The third-order valence-electron chi connectivity index (χ3n) is 4.94. The first-order valence-electron chi connectivity index (χ1n) is 10.1. The normalized spacial score (nSPS) is 16.9. The number of fused-ring (bicyclic) bond motifs is 1. The molecule has 2 aromatic rings. The number of nitrogens with zero attached hydrogens (tertiary/aromatic N) is 3. The Hall–Kier alpha value is -3.76. The number of rotatable bonds is 6. The predicted molar refractivity (Wildman–Crippen MR) is 115 cm³/mol. The van der Waals surface area contributed by atoms with Crippen molar-refractivity contribution in [1.29, 1.82) is 0 Å². The van der Waals surface area contributed by atoms with Crippen molar-refractivity contribution in [2.75, 3.05) is 11.9 Å². The maximum atomic E-state index is 13.0. The highest BCUT2D eigenvalue weighted by Crippen LogP contribution is 2.26. The first-order chi connectivity index (χ1) is 15.6. The van der Waals surface area contributed by atoms with Crippen LogP contribution in [0.5, 0.6) is 0 Å². The molecular formula is C22H22F3N5O3. The van der Waals surface area contributed by atoms with Crippen LogP contribution in [0, 0.1) is 0 Å². The highest BCUT2D eigenvalue weighted by atomic mass is 19.4. The molecule has 1 aromatic carbocycles. The molecule has 2 atom stereocenters. The summed E-state index contributed by atoms with van der Waals surface area (Å²) in [6, 6.07) is 11.1. The van der Waals surface area contributed by atoms with Gasteiger partial charge in [0, 0.05) is 25.2 Å². The Morgan fingerprint density at radius 1 is 1.15 bits per heavy atom. The van der Waals surface area contributed by atoms with Gasteiger partial charge in [-0.3, -0.25) is 19.4 Å². The summed E-state index contributed by atoms with van der Waals surface area (Å²) >= 11 is 0. The number of benzene rings is 1. The Morgan fingerprint density at radius 3 is 2.52 bits per heavy atom. The molecule has 1 aliphatic heterocycles. The van der Waals surface area contributed by atoms with E-state index in [0.29, 0.717) is 22.7 Å². The zero-order chi connectivity index (χ0) is 24.2. The Morgan fingerprint density at radius 2 is 1.85 bits per heavy atom. The van der Waals surface area contributed by atoms with Crippen LogP contribution in [0.4, 0.5) is 18.9 Å². The van der Waals surface area contributed by atoms with E-state index in [0.717, 1.165) is 0 Å². The lowest BCUT2D eigenvalue weighted by Crippen LogP contribution is -2.52. The molecule has 1 aliphatic rings. The van der Waals surface area contributed by atoms with Gasteiger partial charge in [-0.25, -0.2) is 4.99 Å². The van der Waals surface area contributed by atoms with E-state index < -0.39 is 48.9 Å². The lowest BCUT2D eigenvalue weighted by atomic mass is 10.0. The number of aromatic nitrogens is 1. The minimum Gasteiger partial charge on any atom is -0.345 e. The van der Waals surface area contributed by atoms with Crippen LogP contribution in [-0.4, -0.2) is 53.8 Å². The van der Waals surface area contributed by atoms with Gasteiger partial charge in [-0.2, -0.15) is 13.2 Å². The monoisotopic (exact) mass is 461 g/mol. The summed E-state index contributed by atoms with van der Waals surface area (Å²) in [5.74, 6) is -2.22. The van der Waals surface area contributed by atoms with Crippen molar-refractivity contribution in [3.8, 4) is 0 Å². The number of anilines is 1. The van der Waals surface area contributed by atoms with Crippen LogP contribution in [0.25, 0.3) is 0 Å². The molecule has 0 saturated heterocycles. The van der Waals surface area contributed by atoms with Crippen LogP contribution < -0.4 is 15.5 Å². The largest absolute Gasteiger partial charge is 0.389 e. The van der Waals surface area contributed by atoms with Gasteiger partial charge in [-0.05, 0) is 25.1 Å². The number of alkyl halides is 3. The van der Waals surface area contributed by atoms with Crippen LogP contribution in [0.15, 0.2) is 53.7 Å². The number of halogens is 3. The number of carbonyl (C=O) groups excluding carboxylic acids is 3. The molecule has 2 heterocycles. The number of carbonyl (C=O) groups is 3. The molecule has 0 radical (unpaired) electrons. The number of para-hydroxylation sites is 1. The molecule has 3 rings (SSSR count). The van der Waals surface area contributed by atoms with Gasteiger partial charge < -0.3 is 15.5 Å². The fourth-order valence-corrected chi connectivity index (χ4v) is 3.22. The van der Waals surface area contributed by atoms with E-state index in [1.54, 1.807) is 55.7 Å². The maximum Gasteiger partial charge on any atom is 0.389 e. The molecule has 0 saturated carbocycles. The summed E-state index contributed by atoms with van der Waals surface area (Å²) in [6.07, 6.45) is -6.34. The first-order valence-corrected chi connectivity index (χ1v) is 10.1. The number of pyridine rings is 1. The van der Waals surface area contributed by atoms with Crippen LogP contribution >= 0.6 is 0 Å². The van der Waals surface area contributed by atoms with E-state index in [1.165, 1.54) is 11.8 Å². The third kappa shape index (κ3) is 5.93. The summed E-state index contributed by atoms with van der Waals surface area (Å²) in [7, 11) is 1.54. The van der Waals surface area contributed by atoms with Gasteiger partial charge in [0.05, 0.1) is 23.5 Å². The third-order valence-corrected chi connectivity index (χ3v) is 4.94. The summed E-state index contributed by atoms with van der Waals surface area (Å²) < 4.78 is 36.9. The zero-order valence-electron chi connectivity index (χ0n) is 17.9. The average Bonchev–Trinajstić information content (AvgIpc) is 2.88. The Balaban J connectivity index is 1.83. The molecule has 174 valence electrons. The van der Waals surface area contributed by atoms with E-state index in [1.807, 2.05) is 0 Å². The second kappa shape index (κ2) is 9.80. The summed E-state index contributed by atoms with van der Waals surface area (Å²) in [4.78, 5) is 47.5. The van der Waals surface area contributed by atoms with Crippen molar-refractivity contribution in [2.24, 2.45) is 4.99 Å². The van der Waals surface area contributed by atoms with Gasteiger partial charge in [0.25, 0.3) is 5.91 Å². The smallest absolute Gasteiger partial charge is 0.345 e. The van der Waals surface area contributed by atoms with Gasteiger partial charge >= 0.3 is 6.18 Å². The molecule has 3 amide bonds. The molecular weight excluding hydrogens is 439 g/mol. The highest BCUT2D eigenvalue weighted by molar-refractivity contribution is 6.19. The maximum absolute atomic E-state index is 13.0. The van der Waals surface area contributed by atoms with Crippen molar-refractivity contribution >= 4 is 29.1 Å². The molecule has 0 unspecified atom stereocenters. The zero-order valence-corrected chi connectivity index (χ0v) is 17.9. The van der Waals surface area contributed by atoms with Crippen LogP contribution in [0.1, 0.15) is 31.0 Å². The van der Waals surface area contributed by atoms with E-state index in [4.69, 9.17) is 0 Å². The number of hydrogen-bond acceptors (Lipinski definition) is 5. The quantitative estimate of drug-likeness (QED) is 0.688. The van der Waals surface area contributed by atoms with Crippen molar-refractivity contribution in [1.82, 2.24) is 15.6 Å². The fourth-order valence-electron chi connectivity index (χ4n) is 3.22. The Bertz CT molecular complexity index is 1070. The van der Waals surface area contributed by atoms with E-state index in [2.05, 4.69) is 20.6 Å². The second-order valence-corrected chi connectivity index (χ2v) is 7.42. The lowest BCUT2D eigenvalue weighted by Gasteiger charge is -2.22. The SMILES string of the molecule is C[C@H](NC(=O)CCC(F)(F)F)C(=O)N[C@H]1N=C(c2ccccn2)c2ccccc2N(C)C1=O. The van der Waals surface area contributed by atoms with E-state index in [9.17, 15) is 27.6 Å². The summed E-state index contributed by atoms with van der Waals surface area (Å²) in [6.45, 7) is 1.31. The van der Waals surface area contributed by atoms with E-state index in [-0.39, 0.29) is 0 Å². The molecule has 0 bridgehead atoms. The van der Waals surface area contributed by atoms with Crippen LogP contribution in [0.2, 0.25) is 0 Å². The standard InChI is InChI=1S/C22H22F3N5O3/c1-13(27-17(31)10-11-22(23,24)25)20(32)29-19-21(33)30(2)16-9-4-3-7-14(16)18(28-19)15-8-5-6-12-26-15/h3-9,12-13,19H,10-11H2,1-2H3,(H,27,31)(H,29,32)/t13-,19+/m0/s1. The molecule has 33 heavy (non-hydrogen) atoms. The topological polar surface area (TPSA) is 104 Å². The molecule has 0 aliphatic carbocycles. The lowest BCUT2D eigenvalue weighted by molar-refractivity contribution is -0.144. The second-order valence-electron chi connectivity index (χ2n) is 7.42. The first kappa shape index (κ1) is 23.9. The summed E-state index contributed by atoms with van der Waals surface area (Å²) in [5, 5.41) is 4.68. The molecule has 0 spiro atoms. The molecule has 11 heteroatoms. The van der Waals surface area contributed by atoms with Gasteiger partial charge in [0.2, 0.25) is 18.0 Å². The predicted octanol–water partition coefficient (Wildman–Crippen LogP) is 2.18. The summed E-state index contributed by atoms with van der Waals surface area (Å²) in [5.41, 5.74) is 2.08. The van der Waals surface area contributed by atoms with Crippen LogP contribution in [-0.2, 0) is 14.4 Å². The van der Waals surface area contributed by atoms with Gasteiger partial charge in [-0.1, -0.05) is 24.3 Å². The number of hydrogen-bond donors (Lipinski definition) is 2. The number of nitrogens with one attached hydrogen (secondary N) is 2. The van der Waals surface area contributed by atoms with Crippen molar-refractivity contribution in [2.45, 2.75) is 38.1 Å². The average molecular weight is 461 g/mol. The van der Waals surface area contributed by atoms with Gasteiger partial charge in [0.15, 0.2) is 0 Å². The molecule has 0 fully saturated rings. The number of likely N-dealkylation sites (N-methyl/N-ethyl adjacent to an activating group) is 1. The van der Waals surface area contributed by atoms with E-state index >= 15 is 0 Å². The minimum atomic E-state index is -4.48. The molecule has 8 nitrogen and oxygen atoms in total. The van der Waals surface area contributed by atoms with Crippen molar-refractivity contribution in [3.05, 3.63) is 59.9 Å². The van der Waals surface area contributed by atoms with Gasteiger partial charge in [-0.15, -0.1) is 0 Å². The van der Waals surface area contributed by atoms with Crippen molar-refractivity contribution < 1.29 is 27.6 Å². The Labute approximate surface area is 187 Å². The van der Waals surface area contributed by atoms with Crippen LogP contribution in [0.3, 0.4) is 0 Å². The highest BCUT2D eigenvalue weighted by Gasteiger charge is 2.33.